The standard InChI is InChI=1S/C36H42N6O4/c1-22-20-26(14-17-28(22)38-34(44)32-11-5-19-42(32)36(46)25-8-3-9-25)30-21-29(39-40-30)23-12-15-27(16-13-23)37-33(43)31-10-4-18-41(31)35(45)24-6-2-7-24/h12-17,20-21,24-25,31-32H,2-11,18-19H2,1H3,(H,37,43)(H,38,44)(H,39,40)/t31-,32-/m0/s1. The van der Waals surface area contributed by atoms with Crippen LogP contribution in [0.2, 0.25) is 0 Å². The molecular formula is C36H42N6O4. The SMILES string of the molecule is Cc1cc(-c2cc(-c3ccc(NC(=O)[C@@H]4CCCN4C(=O)C4CCC4)cc3)[nH]n2)ccc1NC(=O)[C@@H]1CCCN1C(=O)C1CCC1. The molecule has 46 heavy (non-hydrogen) atoms. The summed E-state index contributed by atoms with van der Waals surface area (Å²) in [6.07, 6.45) is 9.06. The van der Waals surface area contributed by atoms with E-state index in [0.29, 0.717) is 31.6 Å². The Bertz CT molecular complexity index is 1640. The maximum atomic E-state index is 13.2. The van der Waals surface area contributed by atoms with Gasteiger partial charge in [0.2, 0.25) is 23.6 Å². The van der Waals surface area contributed by atoms with E-state index in [1.54, 1.807) is 9.80 Å². The zero-order valence-corrected chi connectivity index (χ0v) is 26.4. The molecule has 0 spiro atoms. The molecule has 3 heterocycles. The minimum atomic E-state index is -0.403. The highest BCUT2D eigenvalue weighted by atomic mass is 16.2. The Labute approximate surface area is 269 Å². The Hall–Kier alpha value is -4.47. The van der Waals surface area contributed by atoms with Gasteiger partial charge < -0.3 is 20.4 Å². The highest BCUT2D eigenvalue weighted by Gasteiger charge is 2.40. The zero-order valence-electron chi connectivity index (χ0n) is 26.4. The Morgan fingerprint density at radius 2 is 1.26 bits per heavy atom. The number of rotatable bonds is 8. The van der Waals surface area contributed by atoms with Crippen molar-refractivity contribution in [3.05, 3.63) is 54.1 Å². The van der Waals surface area contributed by atoms with Crippen LogP contribution in [-0.2, 0) is 19.2 Å². The van der Waals surface area contributed by atoms with Crippen LogP contribution in [0, 0.1) is 18.8 Å². The van der Waals surface area contributed by atoms with E-state index in [-0.39, 0.29) is 35.5 Å². The molecule has 10 nitrogen and oxygen atoms in total. The number of likely N-dealkylation sites (tertiary alicyclic amines) is 2. The first-order valence-electron chi connectivity index (χ1n) is 16.9. The molecule has 3 N–H and O–H groups in total. The number of amides is 4. The number of anilines is 2. The summed E-state index contributed by atoms with van der Waals surface area (Å²) in [6, 6.07) is 14.6. The molecule has 3 aromatic rings. The van der Waals surface area contributed by atoms with Crippen LogP contribution < -0.4 is 10.6 Å². The van der Waals surface area contributed by atoms with Crippen molar-refractivity contribution in [2.75, 3.05) is 23.7 Å². The van der Waals surface area contributed by atoms with Crippen LogP contribution in [0.5, 0.6) is 0 Å². The molecule has 240 valence electrons. The van der Waals surface area contributed by atoms with Crippen molar-refractivity contribution >= 4 is 35.0 Å². The first kappa shape index (κ1) is 30.2. The van der Waals surface area contributed by atoms with E-state index in [1.165, 1.54) is 0 Å². The number of nitrogens with one attached hydrogen (secondary N) is 3. The minimum Gasteiger partial charge on any atom is -0.330 e. The fourth-order valence-corrected chi connectivity index (χ4v) is 7.14. The van der Waals surface area contributed by atoms with Gasteiger partial charge in [-0.25, -0.2) is 0 Å². The molecule has 0 bridgehead atoms. The van der Waals surface area contributed by atoms with Crippen molar-refractivity contribution < 1.29 is 19.2 Å². The van der Waals surface area contributed by atoms with Crippen LogP contribution in [0.15, 0.2) is 48.5 Å². The normalized spacial score (nSPS) is 21.5. The highest BCUT2D eigenvalue weighted by Crippen LogP contribution is 2.34. The van der Waals surface area contributed by atoms with Crippen LogP contribution in [0.3, 0.4) is 0 Å². The molecule has 2 atom stereocenters. The predicted molar refractivity (Wildman–Crippen MR) is 176 cm³/mol. The molecular weight excluding hydrogens is 580 g/mol. The van der Waals surface area contributed by atoms with Crippen molar-refractivity contribution in [1.82, 2.24) is 20.0 Å². The van der Waals surface area contributed by atoms with Gasteiger partial charge in [-0.05, 0) is 99.7 Å². The molecule has 10 heteroatoms. The fraction of sp³-hybridized carbons (Fsp3) is 0.472. The van der Waals surface area contributed by atoms with Gasteiger partial charge in [0.1, 0.15) is 12.1 Å². The lowest BCUT2D eigenvalue weighted by Gasteiger charge is -2.32. The lowest BCUT2D eigenvalue weighted by molar-refractivity contribution is -0.142. The Morgan fingerprint density at radius 3 is 1.80 bits per heavy atom. The summed E-state index contributed by atoms with van der Waals surface area (Å²) in [5.41, 5.74) is 5.81. The summed E-state index contributed by atoms with van der Waals surface area (Å²) < 4.78 is 0. The number of hydrogen-bond acceptors (Lipinski definition) is 5. The first-order valence-corrected chi connectivity index (χ1v) is 16.9. The smallest absolute Gasteiger partial charge is 0.247 e. The van der Waals surface area contributed by atoms with Crippen LogP contribution in [0.1, 0.15) is 69.8 Å². The molecule has 7 rings (SSSR count). The van der Waals surface area contributed by atoms with E-state index in [9.17, 15) is 19.2 Å². The lowest BCUT2D eigenvalue weighted by atomic mass is 9.84. The molecule has 0 unspecified atom stereocenters. The molecule has 2 saturated heterocycles. The quantitative estimate of drug-likeness (QED) is 0.305. The molecule has 4 amide bonds. The summed E-state index contributed by atoms with van der Waals surface area (Å²) in [6.45, 7) is 3.28. The summed E-state index contributed by atoms with van der Waals surface area (Å²) in [5, 5.41) is 13.7. The number of carbonyl (C=O) groups is 4. The Balaban J connectivity index is 0.966. The second-order valence-electron chi connectivity index (χ2n) is 13.4. The average Bonchev–Trinajstić information content (AvgIpc) is 3.78. The molecule has 1 aromatic heterocycles. The fourth-order valence-electron chi connectivity index (χ4n) is 7.14. The number of aromatic nitrogens is 2. The van der Waals surface area contributed by atoms with E-state index >= 15 is 0 Å². The van der Waals surface area contributed by atoms with Gasteiger partial charge in [-0.15, -0.1) is 0 Å². The third-order valence-corrected chi connectivity index (χ3v) is 10.4. The van der Waals surface area contributed by atoms with Gasteiger partial charge in [-0.1, -0.05) is 31.0 Å². The summed E-state index contributed by atoms with van der Waals surface area (Å²) in [4.78, 5) is 55.5. The van der Waals surface area contributed by atoms with E-state index in [2.05, 4.69) is 20.8 Å². The summed E-state index contributed by atoms with van der Waals surface area (Å²) in [7, 11) is 0. The van der Waals surface area contributed by atoms with Crippen molar-refractivity contribution in [2.45, 2.75) is 83.2 Å². The molecule has 2 aliphatic carbocycles. The van der Waals surface area contributed by atoms with Crippen molar-refractivity contribution in [3.8, 4) is 22.5 Å². The number of carbonyl (C=O) groups excluding carboxylic acids is 4. The monoisotopic (exact) mass is 622 g/mol. The van der Waals surface area contributed by atoms with E-state index < -0.39 is 12.1 Å². The maximum Gasteiger partial charge on any atom is 0.247 e. The molecule has 2 aromatic carbocycles. The number of aromatic amines is 1. The van der Waals surface area contributed by atoms with Crippen molar-refractivity contribution in [2.24, 2.45) is 11.8 Å². The first-order chi connectivity index (χ1) is 22.4. The number of aryl methyl sites for hydroxylation is 1. The van der Waals surface area contributed by atoms with E-state index in [4.69, 9.17) is 0 Å². The predicted octanol–water partition coefficient (Wildman–Crippen LogP) is 5.51. The largest absolute Gasteiger partial charge is 0.330 e. The van der Waals surface area contributed by atoms with E-state index in [0.717, 1.165) is 85.1 Å². The van der Waals surface area contributed by atoms with Gasteiger partial charge in [0.05, 0.1) is 11.4 Å². The van der Waals surface area contributed by atoms with Crippen LogP contribution in [0.25, 0.3) is 22.5 Å². The molecule has 2 aliphatic heterocycles. The third kappa shape index (κ3) is 5.92. The van der Waals surface area contributed by atoms with Gasteiger partial charge >= 0.3 is 0 Å². The summed E-state index contributed by atoms with van der Waals surface area (Å²) in [5.74, 6) is 0.213. The van der Waals surface area contributed by atoms with Crippen LogP contribution in [-0.4, -0.2) is 68.8 Å². The number of hydrogen-bond donors (Lipinski definition) is 3. The van der Waals surface area contributed by atoms with Gasteiger partial charge in [-0.3, -0.25) is 24.3 Å². The zero-order chi connectivity index (χ0) is 31.8. The van der Waals surface area contributed by atoms with Gasteiger partial charge in [0, 0.05) is 41.9 Å². The molecule has 4 fully saturated rings. The second-order valence-corrected chi connectivity index (χ2v) is 13.4. The summed E-state index contributed by atoms with van der Waals surface area (Å²) >= 11 is 0. The van der Waals surface area contributed by atoms with Crippen LogP contribution >= 0.6 is 0 Å². The van der Waals surface area contributed by atoms with Crippen molar-refractivity contribution in [3.63, 3.8) is 0 Å². The molecule has 2 saturated carbocycles. The average molecular weight is 623 g/mol. The number of H-pyrrole nitrogens is 1. The van der Waals surface area contributed by atoms with Crippen LogP contribution in [0.4, 0.5) is 11.4 Å². The van der Waals surface area contributed by atoms with E-state index in [1.807, 2.05) is 55.5 Å². The Kier molecular flexibility index (Phi) is 8.36. The Morgan fingerprint density at radius 1 is 0.696 bits per heavy atom. The third-order valence-electron chi connectivity index (χ3n) is 10.4. The minimum absolute atomic E-state index is 0.0918. The number of benzene rings is 2. The maximum absolute atomic E-state index is 13.2. The lowest BCUT2D eigenvalue weighted by Crippen LogP contribution is -2.46. The van der Waals surface area contributed by atoms with Gasteiger partial charge in [0.25, 0.3) is 0 Å². The molecule has 0 radical (unpaired) electrons. The van der Waals surface area contributed by atoms with Crippen molar-refractivity contribution in [1.29, 1.82) is 0 Å². The molecule has 4 aliphatic rings. The second kappa shape index (κ2) is 12.7. The van der Waals surface area contributed by atoms with Gasteiger partial charge in [0.15, 0.2) is 0 Å². The van der Waals surface area contributed by atoms with Gasteiger partial charge in [-0.2, -0.15) is 5.10 Å². The highest BCUT2D eigenvalue weighted by molar-refractivity contribution is 5.99. The number of nitrogens with zero attached hydrogens (tertiary/aromatic N) is 3. The topological polar surface area (TPSA) is 128 Å².